The Labute approximate surface area is 173 Å². The van der Waals surface area contributed by atoms with Gasteiger partial charge in [-0.2, -0.15) is 0 Å². The maximum absolute atomic E-state index is 13.1. The highest BCUT2D eigenvalue weighted by molar-refractivity contribution is 7.22. The number of imide groups is 1. The van der Waals surface area contributed by atoms with Crippen molar-refractivity contribution in [1.29, 1.82) is 0 Å². The quantitative estimate of drug-likeness (QED) is 0.636. The number of para-hydroxylation sites is 1. The minimum Gasteiger partial charge on any atom is -0.379 e. The van der Waals surface area contributed by atoms with Gasteiger partial charge in [-0.3, -0.25) is 29.1 Å². The van der Waals surface area contributed by atoms with Gasteiger partial charge in [0.15, 0.2) is 5.13 Å². The van der Waals surface area contributed by atoms with E-state index >= 15 is 0 Å². The van der Waals surface area contributed by atoms with Crippen LogP contribution in [0.3, 0.4) is 0 Å². The highest BCUT2D eigenvalue weighted by atomic mass is 32.1. The van der Waals surface area contributed by atoms with Gasteiger partial charge in [-0.25, -0.2) is 4.98 Å². The number of benzene rings is 1. The van der Waals surface area contributed by atoms with Gasteiger partial charge in [0.2, 0.25) is 17.7 Å². The lowest BCUT2D eigenvalue weighted by Crippen LogP contribution is -2.44. The molecule has 154 valence electrons. The highest BCUT2D eigenvalue weighted by Gasteiger charge is 2.32. The largest absolute Gasteiger partial charge is 0.379 e. The number of anilines is 1. The number of hydrogen-bond donors (Lipinski definition) is 0. The Hall–Kier alpha value is -2.36. The number of carbonyl (C=O) groups excluding carboxylic acids is 3. The second-order valence-corrected chi connectivity index (χ2v) is 8.20. The Morgan fingerprint density at radius 3 is 2.59 bits per heavy atom. The van der Waals surface area contributed by atoms with Crippen molar-refractivity contribution in [3.63, 3.8) is 0 Å². The third-order valence-electron chi connectivity index (χ3n) is 5.22. The summed E-state index contributed by atoms with van der Waals surface area (Å²) in [6.45, 7) is 4.40. The summed E-state index contributed by atoms with van der Waals surface area (Å²) < 4.78 is 6.38. The molecule has 3 heterocycles. The van der Waals surface area contributed by atoms with E-state index in [1.807, 2.05) is 24.3 Å². The van der Waals surface area contributed by atoms with Crippen LogP contribution >= 0.6 is 11.3 Å². The first-order valence-electron chi connectivity index (χ1n) is 9.91. The van der Waals surface area contributed by atoms with E-state index in [1.54, 1.807) is 4.90 Å². The van der Waals surface area contributed by atoms with Crippen molar-refractivity contribution in [3.8, 4) is 0 Å². The molecule has 2 saturated heterocycles. The van der Waals surface area contributed by atoms with Crippen LogP contribution in [-0.2, 0) is 19.1 Å². The van der Waals surface area contributed by atoms with Crippen molar-refractivity contribution >= 4 is 44.4 Å². The summed E-state index contributed by atoms with van der Waals surface area (Å²) in [6, 6.07) is 7.74. The average molecular weight is 417 g/mol. The fourth-order valence-electron chi connectivity index (χ4n) is 3.60. The molecule has 0 unspecified atom stereocenters. The van der Waals surface area contributed by atoms with E-state index in [-0.39, 0.29) is 37.1 Å². The van der Waals surface area contributed by atoms with E-state index in [4.69, 9.17) is 4.74 Å². The highest BCUT2D eigenvalue weighted by Crippen LogP contribution is 2.29. The van der Waals surface area contributed by atoms with Crippen LogP contribution < -0.4 is 4.90 Å². The Bertz CT molecular complexity index is 860. The molecule has 1 aromatic carbocycles. The third-order valence-corrected chi connectivity index (χ3v) is 6.28. The summed E-state index contributed by atoms with van der Waals surface area (Å²) in [5, 5.41) is 0.609. The lowest BCUT2D eigenvalue weighted by atomic mass is 10.3. The van der Waals surface area contributed by atoms with Crippen LogP contribution in [0.2, 0.25) is 0 Å². The minimum atomic E-state index is -0.277. The van der Waals surface area contributed by atoms with Crippen molar-refractivity contribution in [2.75, 3.05) is 50.8 Å². The fraction of sp³-hybridized carbons (Fsp3) is 0.500. The van der Waals surface area contributed by atoms with Crippen molar-refractivity contribution < 1.29 is 19.1 Å². The first-order valence-corrected chi connectivity index (χ1v) is 10.7. The molecule has 2 fully saturated rings. The van der Waals surface area contributed by atoms with E-state index in [2.05, 4.69) is 9.88 Å². The maximum Gasteiger partial charge on any atom is 0.248 e. The number of morpholine rings is 1. The smallest absolute Gasteiger partial charge is 0.248 e. The number of rotatable bonds is 7. The standard InChI is InChI=1S/C20H24N4O4S/c25-17-6-7-18(26)24(17)14-19(27)23(9-3-8-22-10-12-28-13-11-22)20-21-15-4-1-2-5-16(15)29-20/h1-2,4-5H,3,6-14H2. The lowest BCUT2D eigenvalue weighted by molar-refractivity contribution is -0.141. The Morgan fingerprint density at radius 2 is 1.86 bits per heavy atom. The second kappa shape index (κ2) is 8.98. The number of carbonyl (C=O) groups is 3. The molecule has 0 saturated carbocycles. The number of aromatic nitrogens is 1. The predicted molar refractivity (Wildman–Crippen MR) is 110 cm³/mol. The number of thiazole rings is 1. The molecule has 4 rings (SSSR count). The molecule has 2 aromatic rings. The van der Waals surface area contributed by atoms with Gasteiger partial charge in [-0.05, 0) is 18.6 Å². The monoisotopic (exact) mass is 416 g/mol. The summed E-state index contributed by atoms with van der Waals surface area (Å²) in [7, 11) is 0. The SMILES string of the molecule is O=C1CCC(=O)N1CC(=O)N(CCCN1CCOCC1)c1nc2ccccc2s1. The lowest BCUT2D eigenvalue weighted by Gasteiger charge is -2.28. The number of hydrogen-bond acceptors (Lipinski definition) is 7. The number of amides is 3. The van der Waals surface area contributed by atoms with Crippen molar-refractivity contribution in [3.05, 3.63) is 24.3 Å². The second-order valence-electron chi connectivity index (χ2n) is 7.19. The van der Waals surface area contributed by atoms with Crippen molar-refractivity contribution in [2.45, 2.75) is 19.3 Å². The maximum atomic E-state index is 13.1. The average Bonchev–Trinajstić information content (AvgIpc) is 3.30. The molecule has 0 N–H and O–H groups in total. The molecule has 0 radical (unpaired) electrons. The number of ether oxygens (including phenoxy) is 1. The van der Waals surface area contributed by atoms with Gasteiger partial charge in [-0.15, -0.1) is 0 Å². The number of fused-ring (bicyclic) bond motifs is 1. The van der Waals surface area contributed by atoms with E-state index in [0.717, 1.165) is 54.4 Å². The van der Waals surface area contributed by atoms with Gasteiger partial charge in [0.1, 0.15) is 6.54 Å². The molecule has 2 aliphatic heterocycles. The van der Waals surface area contributed by atoms with Crippen LogP contribution in [0, 0.1) is 0 Å². The number of nitrogens with zero attached hydrogens (tertiary/aromatic N) is 4. The molecular weight excluding hydrogens is 392 g/mol. The van der Waals surface area contributed by atoms with E-state index in [9.17, 15) is 14.4 Å². The zero-order valence-electron chi connectivity index (χ0n) is 16.2. The fourth-order valence-corrected chi connectivity index (χ4v) is 4.61. The van der Waals surface area contributed by atoms with Crippen LogP contribution in [0.15, 0.2) is 24.3 Å². The van der Waals surface area contributed by atoms with Crippen LogP contribution in [-0.4, -0.2) is 78.4 Å². The van der Waals surface area contributed by atoms with Gasteiger partial charge >= 0.3 is 0 Å². The van der Waals surface area contributed by atoms with Crippen LogP contribution in [0.25, 0.3) is 10.2 Å². The predicted octanol–water partition coefficient (Wildman–Crippen LogP) is 1.50. The first-order chi connectivity index (χ1) is 14.1. The molecule has 29 heavy (non-hydrogen) atoms. The van der Waals surface area contributed by atoms with Gasteiger partial charge < -0.3 is 4.74 Å². The molecule has 9 heteroatoms. The molecule has 8 nitrogen and oxygen atoms in total. The molecular formula is C20H24N4O4S. The van der Waals surface area contributed by atoms with Gasteiger partial charge in [-0.1, -0.05) is 23.5 Å². The van der Waals surface area contributed by atoms with Gasteiger partial charge in [0.05, 0.1) is 23.4 Å². The summed E-state index contributed by atoms with van der Waals surface area (Å²) in [6.07, 6.45) is 1.15. The Kier molecular flexibility index (Phi) is 6.17. The normalized spacial score (nSPS) is 18.0. The molecule has 0 bridgehead atoms. The van der Waals surface area contributed by atoms with Crippen LogP contribution in [0.5, 0.6) is 0 Å². The van der Waals surface area contributed by atoms with Gasteiger partial charge in [0.25, 0.3) is 0 Å². The zero-order chi connectivity index (χ0) is 20.2. The van der Waals surface area contributed by atoms with Gasteiger partial charge in [0, 0.05) is 39.0 Å². The van der Waals surface area contributed by atoms with Crippen LogP contribution in [0.1, 0.15) is 19.3 Å². The van der Waals surface area contributed by atoms with Crippen LogP contribution in [0.4, 0.5) is 5.13 Å². The molecule has 2 aliphatic rings. The van der Waals surface area contributed by atoms with E-state index in [0.29, 0.717) is 11.7 Å². The molecule has 3 amide bonds. The molecule has 0 atom stereocenters. The zero-order valence-corrected chi connectivity index (χ0v) is 17.0. The molecule has 1 aromatic heterocycles. The van der Waals surface area contributed by atoms with E-state index < -0.39 is 0 Å². The third kappa shape index (κ3) is 4.63. The topological polar surface area (TPSA) is 83.1 Å². The summed E-state index contributed by atoms with van der Waals surface area (Å²) in [5.41, 5.74) is 0.840. The Balaban J connectivity index is 1.48. The molecule has 0 spiro atoms. The molecule has 0 aliphatic carbocycles. The summed E-state index contributed by atoms with van der Waals surface area (Å²) in [5.74, 6) is -0.823. The summed E-state index contributed by atoms with van der Waals surface area (Å²) in [4.78, 5) is 46.6. The van der Waals surface area contributed by atoms with Crippen molar-refractivity contribution in [2.24, 2.45) is 0 Å². The summed E-state index contributed by atoms with van der Waals surface area (Å²) >= 11 is 1.45. The Morgan fingerprint density at radius 1 is 1.14 bits per heavy atom. The minimum absolute atomic E-state index is 0.185. The number of likely N-dealkylation sites (tertiary alicyclic amines) is 1. The van der Waals surface area contributed by atoms with E-state index in [1.165, 1.54) is 11.3 Å². The first kappa shape index (κ1) is 19.9. The van der Waals surface area contributed by atoms with Crippen molar-refractivity contribution in [1.82, 2.24) is 14.8 Å².